The number of aromatic hydroxyl groups is 1. The quantitative estimate of drug-likeness (QED) is 0.816. The maximum Gasteiger partial charge on any atom is 0.278 e. The minimum absolute atomic E-state index is 0.00734. The molecule has 0 fully saturated rings. The van der Waals surface area contributed by atoms with Gasteiger partial charge in [0.05, 0.1) is 26.3 Å². The standard InChI is InChI=1S/C17H18N2O3/c1-3-4-13-5-6-14(12(2)11-13)15-16(20)18-7-9-22-10-8-19(18)17(15)21/h5-6,11,20H,7-10H2,1-2H3. The van der Waals surface area contributed by atoms with Crippen LogP contribution in [0.25, 0.3) is 11.1 Å². The zero-order chi connectivity index (χ0) is 15.7. The molecule has 1 N–H and O–H groups in total. The van der Waals surface area contributed by atoms with Crippen LogP contribution < -0.4 is 5.56 Å². The van der Waals surface area contributed by atoms with Gasteiger partial charge in [-0.3, -0.25) is 4.79 Å². The van der Waals surface area contributed by atoms with Crippen molar-refractivity contribution < 1.29 is 9.84 Å². The van der Waals surface area contributed by atoms with E-state index >= 15 is 0 Å². The van der Waals surface area contributed by atoms with Crippen LogP contribution in [0.5, 0.6) is 5.88 Å². The van der Waals surface area contributed by atoms with Crippen molar-refractivity contribution in [3.63, 3.8) is 0 Å². The van der Waals surface area contributed by atoms with E-state index < -0.39 is 0 Å². The molecule has 0 spiro atoms. The van der Waals surface area contributed by atoms with Gasteiger partial charge in [-0.1, -0.05) is 12.0 Å². The molecule has 0 atom stereocenters. The summed E-state index contributed by atoms with van der Waals surface area (Å²) in [6, 6.07) is 5.65. The molecule has 22 heavy (non-hydrogen) atoms. The Bertz CT molecular complexity index is 834. The molecule has 1 aromatic carbocycles. The zero-order valence-electron chi connectivity index (χ0n) is 12.7. The summed E-state index contributed by atoms with van der Waals surface area (Å²) in [6.07, 6.45) is 0. The fourth-order valence-electron chi connectivity index (χ4n) is 2.83. The van der Waals surface area contributed by atoms with Crippen molar-refractivity contribution >= 4 is 0 Å². The summed E-state index contributed by atoms with van der Waals surface area (Å²) in [4.78, 5) is 12.6. The maximum absolute atomic E-state index is 12.6. The van der Waals surface area contributed by atoms with Crippen LogP contribution in [0.4, 0.5) is 0 Å². The second-order valence-corrected chi connectivity index (χ2v) is 5.27. The van der Waals surface area contributed by atoms with Gasteiger partial charge in [0.15, 0.2) is 0 Å². The lowest BCUT2D eigenvalue weighted by molar-refractivity contribution is 0.137. The van der Waals surface area contributed by atoms with Crippen molar-refractivity contribution in [3.8, 4) is 28.8 Å². The Balaban J connectivity index is 2.17. The smallest absolute Gasteiger partial charge is 0.278 e. The molecule has 0 amide bonds. The van der Waals surface area contributed by atoms with Gasteiger partial charge in [0.2, 0.25) is 5.88 Å². The molecule has 5 nitrogen and oxygen atoms in total. The maximum atomic E-state index is 12.6. The van der Waals surface area contributed by atoms with Crippen LogP contribution in [0, 0.1) is 18.8 Å². The minimum atomic E-state index is -0.180. The number of ether oxygens (including phenoxy) is 1. The summed E-state index contributed by atoms with van der Waals surface area (Å²) >= 11 is 0. The minimum Gasteiger partial charge on any atom is -0.493 e. The van der Waals surface area contributed by atoms with E-state index in [-0.39, 0.29) is 11.4 Å². The van der Waals surface area contributed by atoms with Gasteiger partial charge in [-0.25, -0.2) is 9.36 Å². The van der Waals surface area contributed by atoms with Crippen molar-refractivity contribution in [1.82, 2.24) is 9.36 Å². The highest BCUT2D eigenvalue weighted by Crippen LogP contribution is 2.30. The van der Waals surface area contributed by atoms with Gasteiger partial charge in [0.1, 0.15) is 5.56 Å². The molecule has 0 bridgehead atoms. The predicted octanol–water partition coefficient (Wildman–Crippen LogP) is 1.73. The number of benzene rings is 1. The highest BCUT2D eigenvalue weighted by molar-refractivity contribution is 5.72. The Morgan fingerprint density at radius 3 is 2.64 bits per heavy atom. The summed E-state index contributed by atoms with van der Waals surface area (Å²) in [5.41, 5.74) is 2.75. The van der Waals surface area contributed by atoms with Crippen molar-refractivity contribution in [2.45, 2.75) is 26.9 Å². The van der Waals surface area contributed by atoms with Crippen LogP contribution in [0.1, 0.15) is 18.1 Å². The fraction of sp³-hybridized carbons (Fsp3) is 0.353. The van der Waals surface area contributed by atoms with E-state index in [9.17, 15) is 9.90 Å². The van der Waals surface area contributed by atoms with E-state index in [0.717, 1.165) is 16.7 Å². The lowest BCUT2D eigenvalue weighted by Gasteiger charge is -2.06. The number of aryl methyl sites for hydroxylation is 1. The first-order valence-electron chi connectivity index (χ1n) is 7.27. The molecule has 1 aromatic heterocycles. The molecule has 0 aliphatic carbocycles. The van der Waals surface area contributed by atoms with E-state index in [1.54, 1.807) is 16.3 Å². The normalized spacial score (nSPS) is 13.9. The Hall–Kier alpha value is -2.45. The Kier molecular flexibility index (Phi) is 3.78. The van der Waals surface area contributed by atoms with E-state index in [4.69, 9.17) is 4.74 Å². The van der Waals surface area contributed by atoms with Gasteiger partial charge in [-0.2, -0.15) is 0 Å². The van der Waals surface area contributed by atoms with Crippen molar-refractivity contribution in [1.29, 1.82) is 0 Å². The third-order valence-corrected chi connectivity index (χ3v) is 3.87. The van der Waals surface area contributed by atoms with Crippen LogP contribution in [0.2, 0.25) is 0 Å². The first-order chi connectivity index (χ1) is 10.6. The largest absolute Gasteiger partial charge is 0.493 e. The number of hydrogen-bond acceptors (Lipinski definition) is 3. The van der Waals surface area contributed by atoms with E-state index in [1.807, 2.05) is 25.1 Å². The molecular formula is C17H18N2O3. The molecule has 114 valence electrons. The second kappa shape index (κ2) is 5.74. The summed E-state index contributed by atoms with van der Waals surface area (Å²) in [7, 11) is 0. The summed E-state index contributed by atoms with van der Waals surface area (Å²) in [5, 5.41) is 10.5. The Morgan fingerprint density at radius 1 is 1.23 bits per heavy atom. The number of aromatic nitrogens is 2. The third-order valence-electron chi connectivity index (χ3n) is 3.87. The van der Waals surface area contributed by atoms with E-state index in [1.165, 1.54) is 0 Å². The van der Waals surface area contributed by atoms with Crippen LogP contribution >= 0.6 is 0 Å². The van der Waals surface area contributed by atoms with Gasteiger partial charge in [0, 0.05) is 5.56 Å². The summed E-state index contributed by atoms with van der Waals surface area (Å²) < 4.78 is 8.50. The lowest BCUT2D eigenvalue weighted by atomic mass is 10.0. The third kappa shape index (κ3) is 2.32. The average Bonchev–Trinajstić information content (AvgIpc) is 2.69. The first-order valence-corrected chi connectivity index (χ1v) is 7.27. The zero-order valence-corrected chi connectivity index (χ0v) is 12.7. The van der Waals surface area contributed by atoms with Crippen LogP contribution in [-0.4, -0.2) is 27.7 Å². The average molecular weight is 298 g/mol. The van der Waals surface area contributed by atoms with Crippen LogP contribution in [0.15, 0.2) is 23.0 Å². The fourth-order valence-corrected chi connectivity index (χ4v) is 2.83. The molecule has 1 aliphatic heterocycles. The second-order valence-electron chi connectivity index (χ2n) is 5.27. The molecule has 0 unspecified atom stereocenters. The topological polar surface area (TPSA) is 56.4 Å². The highest BCUT2D eigenvalue weighted by Gasteiger charge is 2.23. The SMILES string of the molecule is CC#Cc1ccc(-c2c(O)n3n(c2=O)CCOCC3)c(C)c1. The number of rotatable bonds is 1. The van der Waals surface area contributed by atoms with Gasteiger partial charge >= 0.3 is 0 Å². The van der Waals surface area contributed by atoms with Crippen molar-refractivity contribution in [2.24, 2.45) is 0 Å². The van der Waals surface area contributed by atoms with Gasteiger partial charge in [-0.15, -0.1) is 5.92 Å². The Morgan fingerprint density at radius 2 is 1.95 bits per heavy atom. The molecule has 5 heteroatoms. The van der Waals surface area contributed by atoms with Crippen molar-refractivity contribution in [3.05, 3.63) is 39.7 Å². The van der Waals surface area contributed by atoms with Crippen LogP contribution in [-0.2, 0) is 17.8 Å². The van der Waals surface area contributed by atoms with Crippen molar-refractivity contribution in [2.75, 3.05) is 13.2 Å². The van der Waals surface area contributed by atoms with Gasteiger partial charge in [0.25, 0.3) is 5.56 Å². The molecule has 2 heterocycles. The predicted molar refractivity (Wildman–Crippen MR) is 83.9 cm³/mol. The highest BCUT2D eigenvalue weighted by atomic mass is 16.5. The van der Waals surface area contributed by atoms with E-state index in [0.29, 0.717) is 31.9 Å². The summed E-state index contributed by atoms with van der Waals surface area (Å²) in [5.74, 6) is 5.86. The molecule has 2 aromatic rings. The van der Waals surface area contributed by atoms with Crippen LogP contribution in [0.3, 0.4) is 0 Å². The first kappa shape index (κ1) is 14.5. The van der Waals surface area contributed by atoms with Gasteiger partial charge < -0.3 is 9.84 Å². The lowest BCUT2D eigenvalue weighted by Crippen LogP contribution is -2.23. The number of nitrogens with zero attached hydrogens (tertiary/aromatic N) is 2. The molecule has 1 aliphatic rings. The number of fused-ring (bicyclic) bond motifs is 1. The molecular weight excluding hydrogens is 280 g/mol. The molecule has 0 saturated carbocycles. The summed E-state index contributed by atoms with van der Waals surface area (Å²) in [6.45, 7) is 5.60. The number of hydrogen-bond donors (Lipinski definition) is 1. The Labute approximate surface area is 128 Å². The van der Waals surface area contributed by atoms with E-state index in [2.05, 4.69) is 11.8 Å². The molecule has 0 saturated heterocycles. The monoisotopic (exact) mass is 298 g/mol. The van der Waals surface area contributed by atoms with Gasteiger partial charge in [-0.05, 0) is 37.1 Å². The molecule has 3 rings (SSSR count). The molecule has 0 radical (unpaired) electrons.